The molecule has 0 aliphatic rings. The van der Waals surface area contributed by atoms with E-state index >= 15 is 4.39 Å². The van der Waals surface area contributed by atoms with E-state index in [0.717, 1.165) is 11.6 Å². The number of fused-ring (bicyclic) bond motifs is 1. The van der Waals surface area contributed by atoms with Crippen LogP contribution in [-0.4, -0.2) is 41.5 Å². The Bertz CT molecular complexity index is 1360. The Balaban J connectivity index is 2.06. The van der Waals surface area contributed by atoms with Crippen LogP contribution in [0.25, 0.3) is 10.2 Å². The highest BCUT2D eigenvalue weighted by Crippen LogP contribution is 2.58. The molecule has 14 heteroatoms. The van der Waals surface area contributed by atoms with E-state index in [9.17, 15) is 35.1 Å². The van der Waals surface area contributed by atoms with Crippen molar-refractivity contribution < 1.29 is 39.5 Å². The van der Waals surface area contributed by atoms with Gasteiger partial charge in [0.25, 0.3) is 0 Å². The van der Waals surface area contributed by atoms with Gasteiger partial charge in [0, 0.05) is 23.9 Å². The number of alkyl halides is 9. The van der Waals surface area contributed by atoms with Crippen molar-refractivity contribution in [1.29, 1.82) is 0 Å². The number of aryl methyl sites for hydroxylation is 2. The van der Waals surface area contributed by atoms with Crippen molar-refractivity contribution >= 4 is 50.7 Å². The molecule has 0 aliphatic carbocycles. The second kappa shape index (κ2) is 9.86. The van der Waals surface area contributed by atoms with Gasteiger partial charge in [-0.15, -0.1) is 11.3 Å². The van der Waals surface area contributed by atoms with E-state index in [0.29, 0.717) is 28.2 Å². The fraction of sp³-hybridized carbons (Fsp3) is 0.348. The zero-order chi connectivity index (χ0) is 28.0. The second-order valence-corrected chi connectivity index (χ2v) is 9.46. The first-order valence-corrected chi connectivity index (χ1v) is 11.7. The van der Waals surface area contributed by atoms with Crippen molar-refractivity contribution in [1.82, 2.24) is 4.98 Å². The summed E-state index contributed by atoms with van der Waals surface area (Å²) in [7, 11) is 1.58. The molecular formula is C23H18F9N3S2. The molecule has 0 fully saturated rings. The number of halogens is 9. The summed E-state index contributed by atoms with van der Waals surface area (Å²) in [5.41, 5.74) is -7.00. The predicted octanol–water partition coefficient (Wildman–Crippen LogP) is 7.93. The van der Waals surface area contributed by atoms with Crippen LogP contribution in [0.15, 0.2) is 35.3 Å². The quantitative estimate of drug-likeness (QED) is 0.186. The van der Waals surface area contributed by atoms with Gasteiger partial charge in [0.2, 0.25) is 0 Å². The van der Waals surface area contributed by atoms with Crippen LogP contribution in [0.1, 0.15) is 34.2 Å². The molecule has 1 atom stereocenters. The summed E-state index contributed by atoms with van der Waals surface area (Å²) in [6.07, 6.45) is -11.9. The maximum Gasteiger partial charge on any atom is 0.457 e. The lowest BCUT2D eigenvalue weighted by Crippen LogP contribution is -2.59. The van der Waals surface area contributed by atoms with Crippen LogP contribution in [0.5, 0.6) is 0 Å². The summed E-state index contributed by atoms with van der Waals surface area (Å²) in [4.78, 5) is 8.34. The van der Waals surface area contributed by atoms with Crippen molar-refractivity contribution in [2.24, 2.45) is 4.99 Å². The molecule has 3 aromatic rings. The average molecular weight is 572 g/mol. The normalized spacial score (nSPS) is 14.8. The summed E-state index contributed by atoms with van der Waals surface area (Å²) in [5, 5.41) is 3.45. The van der Waals surface area contributed by atoms with Gasteiger partial charge in [-0.25, -0.2) is 9.37 Å². The Labute approximate surface area is 214 Å². The van der Waals surface area contributed by atoms with E-state index in [1.807, 2.05) is 0 Å². The highest BCUT2D eigenvalue weighted by molar-refractivity contribution is 7.81. The smallest absolute Gasteiger partial charge is 0.346 e. The summed E-state index contributed by atoms with van der Waals surface area (Å²) in [6, 6.07) is 5.68. The molecule has 0 radical (unpaired) electrons. The van der Waals surface area contributed by atoms with Crippen LogP contribution in [0, 0.1) is 6.92 Å². The third kappa shape index (κ3) is 5.05. The Morgan fingerprint density at radius 2 is 1.68 bits per heavy atom. The number of aliphatic imine (C=N–C) groups is 1. The van der Waals surface area contributed by atoms with Gasteiger partial charge in [-0.1, -0.05) is 25.2 Å². The molecule has 1 aromatic heterocycles. The van der Waals surface area contributed by atoms with Gasteiger partial charge < -0.3 is 5.32 Å². The number of rotatable bonds is 6. The fourth-order valence-corrected chi connectivity index (χ4v) is 4.83. The van der Waals surface area contributed by atoms with Crippen molar-refractivity contribution in [3.8, 4) is 0 Å². The zero-order valence-corrected chi connectivity index (χ0v) is 20.9. The van der Waals surface area contributed by atoms with Crippen molar-refractivity contribution in [3.63, 3.8) is 0 Å². The van der Waals surface area contributed by atoms with Crippen LogP contribution in [0.4, 0.5) is 45.2 Å². The molecule has 0 amide bonds. The van der Waals surface area contributed by atoms with Crippen LogP contribution < -0.4 is 5.32 Å². The number of benzene rings is 2. The highest BCUT2D eigenvalue weighted by Gasteiger charge is 2.81. The van der Waals surface area contributed by atoms with Crippen LogP contribution in [0.3, 0.4) is 0 Å². The maximum atomic E-state index is 15.0. The van der Waals surface area contributed by atoms with Crippen LogP contribution in [0.2, 0.25) is 0 Å². The first kappa shape index (κ1) is 28.8. The minimum atomic E-state index is -6.80. The van der Waals surface area contributed by atoms with E-state index in [1.165, 1.54) is 18.3 Å². The first-order chi connectivity index (χ1) is 17.0. The largest absolute Gasteiger partial charge is 0.457 e. The van der Waals surface area contributed by atoms with E-state index in [4.69, 9.17) is 12.2 Å². The molecule has 0 saturated carbocycles. The number of nitrogens with zero attached hydrogens (tertiary/aromatic N) is 2. The van der Waals surface area contributed by atoms with Crippen molar-refractivity contribution in [2.45, 2.75) is 44.2 Å². The van der Waals surface area contributed by atoms with E-state index < -0.39 is 29.5 Å². The van der Waals surface area contributed by atoms with E-state index in [-0.39, 0.29) is 28.2 Å². The SMILES string of the molecule is CCc1cc(C(F)(C(F)(F)F)C(F)(F)C(F)(F)F)cc(C)c1NC(=S)c1ccc2nc(/C=N\C)sc2c1. The molecule has 2 aromatic carbocycles. The zero-order valence-electron chi connectivity index (χ0n) is 19.3. The molecule has 200 valence electrons. The van der Waals surface area contributed by atoms with Crippen molar-refractivity contribution in [3.05, 3.63) is 57.6 Å². The number of thiocarbonyl (C=S) groups is 1. The predicted molar refractivity (Wildman–Crippen MR) is 129 cm³/mol. The number of hydrogen-bond acceptors (Lipinski definition) is 4. The first-order valence-electron chi connectivity index (χ1n) is 10.5. The molecular weight excluding hydrogens is 553 g/mol. The lowest BCUT2D eigenvalue weighted by Gasteiger charge is -2.36. The molecule has 0 aliphatic heterocycles. The van der Waals surface area contributed by atoms with Gasteiger partial charge in [0.15, 0.2) is 0 Å². The lowest BCUT2D eigenvalue weighted by atomic mass is 9.85. The Hall–Kier alpha value is -2.74. The minimum Gasteiger partial charge on any atom is -0.346 e. The van der Waals surface area contributed by atoms with E-state index in [2.05, 4.69) is 15.3 Å². The number of hydrogen-bond donors (Lipinski definition) is 1. The van der Waals surface area contributed by atoms with Gasteiger partial charge in [-0.05, 0) is 48.7 Å². The molecule has 3 nitrogen and oxygen atoms in total. The number of nitrogens with one attached hydrogen (secondary N) is 1. The van der Waals surface area contributed by atoms with Crippen LogP contribution >= 0.6 is 23.6 Å². The van der Waals surface area contributed by atoms with Gasteiger partial charge >= 0.3 is 23.9 Å². The Morgan fingerprint density at radius 3 is 2.22 bits per heavy atom. The minimum absolute atomic E-state index is 0.0688. The number of anilines is 1. The molecule has 0 spiro atoms. The van der Waals surface area contributed by atoms with Gasteiger partial charge in [0.1, 0.15) is 10.00 Å². The number of thiazole rings is 1. The van der Waals surface area contributed by atoms with Crippen molar-refractivity contribution in [2.75, 3.05) is 12.4 Å². The van der Waals surface area contributed by atoms with Gasteiger partial charge in [-0.2, -0.15) is 35.1 Å². The van der Waals surface area contributed by atoms with Gasteiger partial charge in [0.05, 0.1) is 16.4 Å². The molecule has 1 unspecified atom stereocenters. The summed E-state index contributed by atoms with van der Waals surface area (Å²) in [5.74, 6) is -6.74. The molecule has 0 bridgehead atoms. The Kier molecular flexibility index (Phi) is 7.68. The summed E-state index contributed by atoms with van der Waals surface area (Å²) >= 11 is 6.71. The number of aromatic nitrogens is 1. The molecule has 3 rings (SSSR count). The lowest BCUT2D eigenvalue weighted by molar-refractivity contribution is -0.389. The summed E-state index contributed by atoms with van der Waals surface area (Å²) < 4.78 is 123. The second-order valence-electron chi connectivity index (χ2n) is 7.99. The average Bonchev–Trinajstić information content (AvgIpc) is 3.19. The maximum absolute atomic E-state index is 15.0. The highest BCUT2D eigenvalue weighted by atomic mass is 32.1. The third-order valence-electron chi connectivity index (χ3n) is 5.52. The van der Waals surface area contributed by atoms with Gasteiger partial charge in [-0.3, -0.25) is 4.99 Å². The topological polar surface area (TPSA) is 37.3 Å². The molecule has 0 saturated heterocycles. The summed E-state index contributed by atoms with van der Waals surface area (Å²) in [6.45, 7) is 2.57. The Morgan fingerprint density at radius 1 is 1.03 bits per heavy atom. The fourth-order valence-electron chi connectivity index (χ4n) is 3.67. The third-order valence-corrected chi connectivity index (χ3v) is 6.81. The monoisotopic (exact) mass is 571 g/mol. The molecule has 1 heterocycles. The standard InChI is InChI=1S/C23H18F9N3S2/c1-4-12-8-14(20(24,22(27,28)29)21(25,26)23(30,31)32)7-11(2)18(12)35-19(36)13-5-6-15-16(9-13)37-17(34-15)10-33-3/h5-10H,4H2,1-3H3,(H,35,36)/b33-10-. The van der Waals surface area contributed by atoms with Crippen LogP contribution in [-0.2, 0) is 12.1 Å². The molecule has 37 heavy (non-hydrogen) atoms. The molecule has 1 N–H and O–H groups in total. The van der Waals surface area contributed by atoms with E-state index in [1.54, 1.807) is 31.5 Å².